The molecule has 0 unspecified atom stereocenters. The van der Waals surface area contributed by atoms with E-state index in [-0.39, 0.29) is 17.2 Å². The monoisotopic (exact) mass is 387 g/mol. The van der Waals surface area contributed by atoms with Gasteiger partial charge in [-0.1, -0.05) is 45.0 Å². The molecule has 2 rings (SSSR count). The molecule has 1 aliphatic rings. The first-order valence-electron chi connectivity index (χ1n) is 10.5. The fourth-order valence-corrected chi connectivity index (χ4v) is 3.46. The Morgan fingerprint density at radius 1 is 0.893 bits per heavy atom. The van der Waals surface area contributed by atoms with Gasteiger partial charge in [0.1, 0.15) is 0 Å². The van der Waals surface area contributed by atoms with Crippen molar-refractivity contribution in [2.45, 2.75) is 51.9 Å². The minimum Gasteiger partial charge on any atom is -0.339 e. The Labute approximate surface area is 170 Å². The second kappa shape index (κ2) is 10.1. The number of rotatable bonds is 7. The minimum absolute atomic E-state index is 0.171. The lowest BCUT2D eigenvalue weighted by atomic mass is 9.86. The van der Waals surface area contributed by atoms with Crippen molar-refractivity contribution in [3.8, 4) is 0 Å². The Morgan fingerprint density at radius 2 is 1.39 bits per heavy atom. The highest BCUT2D eigenvalue weighted by atomic mass is 16.2. The molecule has 0 atom stereocenters. The number of nitrogens with zero attached hydrogens (tertiary/aromatic N) is 3. The number of benzene rings is 1. The zero-order valence-corrected chi connectivity index (χ0v) is 18.3. The van der Waals surface area contributed by atoms with Crippen molar-refractivity contribution >= 4 is 11.8 Å². The van der Waals surface area contributed by atoms with Gasteiger partial charge in [0, 0.05) is 45.6 Å². The summed E-state index contributed by atoms with van der Waals surface area (Å²) in [4.78, 5) is 30.5. The van der Waals surface area contributed by atoms with Gasteiger partial charge in [0.2, 0.25) is 11.8 Å². The van der Waals surface area contributed by atoms with Gasteiger partial charge in [-0.2, -0.15) is 0 Å². The van der Waals surface area contributed by atoms with Crippen LogP contribution in [0.1, 0.15) is 51.2 Å². The average Bonchev–Trinajstić information content (AvgIpc) is 2.65. The lowest BCUT2D eigenvalue weighted by Crippen LogP contribution is -2.50. The van der Waals surface area contributed by atoms with E-state index in [1.54, 1.807) is 0 Å². The highest BCUT2D eigenvalue weighted by Gasteiger charge is 2.23. The third-order valence-corrected chi connectivity index (χ3v) is 5.43. The number of hydrogen-bond donors (Lipinski definition) is 0. The molecule has 1 heterocycles. The van der Waals surface area contributed by atoms with Crippen molar-refractivity contribution in [2.75, 3.05) is 46.8 Å². The zero-order valence-electron chi connectivity index (χ0n) is 18.3. The van der Waals surface area contributed by atoms with Crippen LogP contribution in [-0.4, -0.2) is 73.3 Å². The quantitative estimate of drug-likeness (QED) is 0.723. The summed E-state index contributed by atoms with van der Waals surface area (Å²) in [6.07, 6.45) is 2.93. The van der Waals surface area contributed by atoms with Crippen LogP contribution in [0.4, 0.5) is 0 Å². The Balaban J connectivity index is 1.69. The third kappa shape index (κ3) is 6.93. The van der Waals surface area contributed by atoms with Crippen LogP contribution in [0.5, 0.6) is 0 Å². The molecule has 156 valence electrons. The fourth-order valence-electron chi connectivity index (χ4n) is 3.46. The summed E-state index contributed by atoms with van der Waals surface area (Å²) in [6.45, 7) is 10.1. The molecule has 2 amide bonds. The van der Waals surface area contributed by atoms with Gasteiger partial charge in [0.25, 0.3) is 0 Å². The van der Waals surface area contributed by atoms with E-state index in [2.05, 4.69) is 45.0 Å². The number of piperazine rings is 1. The highest BCUT2D eigenvalue weighted by molar-refractivity contribution is 5.78. The summed E-state index contributed by atoms with van der Waals surface area (Å²) in [5, 5.41) is 0. The molecular weight excluding hydrogens is 350 g/mol. The van der Waals surface area contributed by atoms with Crippen LogP contribution in [0.3, 0.4) is 0 Å². The summed E-state index contributed by atoms with van der Waals surface area (Å²) in [5.74, 6) is 0.409. The van der Waals surface area contributed by atoms with Crippen LogP contribution in [0.2, 0.25) is 0 Å². The molecule has 1 aromatic carbocycles. The van der Waals surface area contributed by atoms with Crippen molar-refractivity contribution in [1.82, 2.24) is 14.7 Å². The van der Waals surface area contributed by atoms with E-state index in [1.165, 1.54) is 11.1 Å². The molecule has 0 spiro atoms. The summed E-state index contributed by atoms with van der Waals surface area (Å²) in [5.41, 5.74) is 2.80. The highest BCUT2D eigenvalue weighted by Crippen LogP contribution is 2.22. The van der Waals surface area contributed by atoms with Crippen molar-refractivity contribution < 1.29 is 9.59 Å². The summed E-state index contributed by atoms with van der Waals surface area (Å²) in [6, 6.07) is 8.76. The van der Waals surface area contributed by atoms with Gasteiger partial charge in [-0.05, 0) is 43.5 Å². The maximum Gasteiger partial charge on any atom is 0.223 e. The summed E-state index contributed by atoms with van der Waals surface area (Å²) in [7, 11) is 3.95. The lowest BCUT2D eigenvalue weighted by molar-refractivity contribution is -0.139. The molecule has 0 saturated carbocycles. The Hall–Kier alpha value is -1.88. The van der Waals surface area contributed by atoms with Gasteiger partial charge >= 0.3 is 0 Å². The van der Waals surface area contributed by atoms with E-state index < -0.39 is 0 Å². The van der Waals surface area contributed by atoms with Crippen LogP contribution in [0, 0.1) is 0 Å². The van der Waals surface area contributed by atoms with E-state index in [4.69, 9.17) is 0 Å². The molecule has 5 heteroatoms. The van der Waals surface area contributed by atoms with E-state index in [0.717, 1.165) is 19.4 Å². The first-order valence-corrected chi connectivity index (χ1v) is 10.5. The number of carbonyl (C=O) groups excluding carboxylic acids is 2. The topological polar surface area (TPSA) is 43.9 Å². The smallest absolute Gasteiger partial charge is 0.223 e. The number of amides is 2. The maximum atomic E-state index is 12.5. The van der Waals surface area contributed by atoms with Crippen molar-refractivity contribution in [2.24, 2.45) is 0 Å². The van der Waals surface area contributed by atoms with Crippen LogP contribution in [0.15, 0.2) is 24.3 Å². The maximum absolute atomic E-state index is 12.5. The zero-order chi connectivity index (χ0) is 20.7. The predicted molar refractivity (Wildman–Crippen MR) is 114 cm³/mol. The number of carbonyl (C=O) groups is 2. The molecule has 0 radical (unpaired) electrons. The van der Waals surface area contributed by atoms with Crippen LogP contribution in [-0.2, 0) is 21.4 Å². The molecule has 0 aromatic heterocycles. The van der Waals surface area contributed by atoms with Crippen LogP contribution in [0.25, 0.3) is 0 Å². The van der Waals surface area contributed by atoms with Crippen LogP contribution >= 0.6 is 0 Å². The Bertz CT molecular complexity index is 639. The first kappa shape index (κ1) is 22.4. The first-order chi connectivity index (χ1) is 13.2. The molecule has 0 aliphatic carbocycles. The second-order valence-electron chi connectivity index (χ2n) is 9.12. The van der Waals surface area contributed by atoms with Gasteiger partial charge in [-0.25, -0.2) is 0 Å². The summed E-state index contributed by atoms with van der Waals surface area (Å²) >= 11 is 0. The van der Waals surface area contributed by atoms with Gasteiger partial charge in [-0.3, -0.25) is 9.59 Å². The summed E-state index contributed by atoms with van der Waals surface area (Å²) < 4.78 is 0. The van der Waals surface area contributed by atoms with E-state index in [0.29, 0.717) is 39.0 Å². The molecule has 5 nitrogen and oxygen atoms in total. The van der Waals surface area contributed by atoms with E-state index in [1.807, 2.05) is 28.8 Å². The third-order valence-electron chi connectivity index (χ3n) is 5.43. The van der Waals surface area contributed by atoms with Crippen molar-refractivity contribution in [1.29, 1.82) is 0 Å². The van der Waals surface area contributed by atoms with Gasteiger partial charge in [0.15, 0.2) is 0 Å². The van der Waals surface area contributed by atoms with Crippen molar-refractivity contribution in [3.05, 3.63) is 35.4 Å². The molecule has 0 N–H and O–H groups in total. The Morgan fingerprint density at radius 3 is 1.86 bits per heavy atom. The van der Waals surface area contributed by atoms with Gasteiger partial charge in [0.05, 0.1) is 0 Å². The normalized spacial score (nSPS) is 15.2. The van der Waals surface area contributed by atoms with Gasteiger partial charge < -0.3 is 14.7 Å². The standard InChI is InChI=1S/C23H37N3O2/c1-23(2,3)20-11-9-19(10-12-20)7-6-8-21(27)25-15-17-26(18-16-25)22(28)13-14-24(4)5/h9-12H,6-8,13-18H2,1-5H3. The average molecular weight is 388 g/mol. The van der Waals surface area contributed by atoms with E-state index >= 15 is 0 Å². The van der Waals surface area contributed by atoms with E-state index in [9.17, 15) is 9.59 Å². The molecule has 1 aliphatic heterocycles. The lowest BCUT2D eigenvalue weighted by Gasteiger charge is -2.35. The molecule has 1 saturated heterocycles. The molecular formula is C23H37N3O2. The largest absolute Gasteiger partial charge is 0.339 e. The van der Waals surface area contributed by atoms with Crippen LogP contribution < -0.4 is 0 Å². The molecule has 0 bridgehead atoms. The minimum atomic E-state index is 0.171. The second-order valence-corrected chi connectivity index (χ2v) is 9.12. The fraction of sp³-hybridized carbons (Fsp3) is 0.652. The van der Waals surface area contributed by atoms with Gasteiger partial charge in [-0.15, -0.1) is 0 Å². The molecule has 1 fully saturated rings. The van der Waals surface area contributed by atoms with Crippen molar-refractivity contribution in [3.63, 3.8) is 0 Å². The predicted octanol–water partition coefficient (Wildman–Crippen LogP) is 2.93. The SMILES string of the molecule is CN(C)CCC(=O)N1CCN(C(=O)CCCc2ccc(C(C)(C)C)cc2)CC1. The Kier molecular flexibility index (Phi) is 8.05. The number of hydrogen-bond acceptors (Lipinski definition) is 3. The molecule has 28 heavy (non-hydrogen) atoms. The molecule has 1 aromatic rings. The number of aryl methyl sites for hydroxylation is 1.